The topological polar surface area (TPSA) is 26.3 Å². The molecule has 0 bridgehead atoms. The van der Waals surface area contributed by atoms with Crippen molar-refractivity contribution in [1.82, 2.24) is 0 Å². The van der Waals surface area contributed by atoms with Crippen LogP contribution in [0.3, 0.4) is 0 Å². The molecular formula is C13H16O2S. The minimum atomic E-state index is -0.162. The highest BCUT2D eigenvalue weighted by molar-refractivity contribution is 8.01. The average Bonchev–Trinajstić information content (AvgIpc) is 2.61. The number of ether oxygens (including phenoxy) is 1. The van der Waals surface area contributed by atoms with Crippen molar-refractivity contribution >= 4 is 17.7 Å². The van der Waals surface area contributed by atoms with Gasteiger partial charge in [-0.1, -0.05) is 62.9 Å². The van der Waals surface area contributed by atoms with Crippen molar-refractivity contribution < 1.29 is 9.53 Å². The van der Waals surface area contributed by atoms with Gasteiger partial charge in [0.15, 0.2) is 5.44 Å². The largest absolute Gasteiger partial charge is 0.450 e. The van der Waals surface area contributed by atoms with Gasteiger partial charge in [-0.3, -0.25) is 4.79 Å². The van der Waals surface area contributed by atoms with E-state index in [0.29, 0.717) is 0 Å². The molecule has 16 heavy (non-hydrogen) atoms. The lowest BCUT2D eigenvalue weighted by Gasteiger charge is -2.24. The number of carbonyl (C=O) groups excluding carboxylic acids is 1. The van der Waals surface area contributed by atoms with Crippen LogP contribution in [0.1, 0.15) is 31.6 Å². The molecule has 0 aliphatic carbocycles. The molecule has 2 nitrogen and oxygen atoms in total. The average molecular weight is 236 g/mol. The molecule has 1 aromatic carbocycles. The SMILES string of the molecule is CC(C)(C)[C@@H]1OC(=O)[C@@H](c2ccccc2)S1. The maximum absolute atomic E-state index is 11.8. The Labute approximate surface area is 100 Å². The molecule has 0 unspecified atom stereocenters. The van der Waals surface area contributed by atoms with E-state index in [-0.39, 0.29) is 22.1 Å². The number of benzene rings is 1. The Kier molecular flexibility index (Phi) is 2.98. The highest BCUT2D eigenvalue weighted by Gasteiger charge is 2.42. The predicted octanol–water partition coefficient (Wildman–Crippen LogP) is 3.39. The molecule has 0 saturated carbocycles. The highest BCUT2D eigenvalue weighted by Crippen LogP contribution is 2.46. The second-order valence-electron chi connectivity index (χ2n) is 5.06. The Morgan fingerprint density at radius 2 is 1.81 bits per heavy atom. The van der Waals surface area contributed by atoms with Crippen LogP contribution in [-0.4, -0.2) is 11.4 Å². The minimum Gasteiger partial charge on any atom is -0.450 e. The summed E-state index contributed by atoms with van der Waals surface area (Å²) in [6.45, 7) is 6.27. The van der Waals surface area contributed by atoms with E-state index in [1.807, 2.05) is 30.3 Å². The molecule has 0 spiro atoms. The number of cyclic esters (lactones) is 1. The van der Waals surface area contributed by atoms with Crippen molar-refractivity contribution in [3.05, 3.63) is 35.9 Å². The Morgan fingerprint density at radius 1 is 1.19 bits per heavy atom. The maximum atomic E-state index is 11.8. The van der Waals surface area contributed by atoms with Crippen LogP contribution in [-0.2, 0) is 9.53 Å². The van der Waals surface area contributed by atoms with E-state index in [0.717, 1.165) is 5.56 Å². The summed E-state index contributed by atoms with van der Waals surface area (Å²) in [7, 11) is 0. The smallest absolute Gasteiger partial charge is 0.324 e. The Balaban J connectivity index is 2.18. The fraction of sp³-hybridized carbons (Fsp3) is 0.462. The monoisotopic (exact) mass is 236 g/mol. The molecule has 1 aliphatic rings. The Hall–Kier alpha value is -0.960. The summed E-state index contributed by atoms with van der Waals surface area (Å²) in [6, 6.07) is 9.81. The predicted molar refractivity (Wildman–Crippen MR) is 66.1 cm³/mol. The first-order valence-electron chi connectivity index (χ1n) is 5.39. The van der Waals surface area contributed by atoms with Crippen LogP contribution in [0.5, 0.6) is 0 Å². The molecule has 0 aromatic heterocycles. The van der Waals surface area contributed by atoms with Crippen LogP contribution in [0.2, 0.25) is 0 Å². The summed E-state index contributed by atoms with van der Waals surface area (Å²) in [4.78, 5) is 11.8. The van der Waals surface area contributed by atoms with E-state index in [9.17, 15) is 4.79 Å². The molecule has 3 heteroatoms. The zero-order chi connectivity index (χ0) is 11.8. The van der Waals surface area contributed by atoms with E-state index < -0.39 is 0 Å². The van der Waals surface area contributed by atoms with E-state index in [1.54, 1.807) is 11.8 Å². The standard InChI is InChI=1S/C13H16O2S/c1-13(2,3)12-15-11(14)10(16-12)9-7-5-4-6-8-9/h4-8,10,12H,1-3H3/t10-,12-/m1/s1. The first-order chi connectivity index (χ1) is 7.48. The number of hydrogen-bond donors (Lipinski definition) is 0. The van der Waals surface area contributed by atoms with Gasteiger partial charge in [0.05, 0.1) is 0 Å². The maximum Gasteiger partial charge on any atom is 0.324 e. The van der Waals surface area contributed by atoms with Crippen molar-refractivity contribution in [3.8, 4) is 0 Å². The third-order valence-electron chi connectivity index (χ3n) is 2.51. The fourth-order valence-corrected chi connectivity index (χ4v) is 2.88. The highest BCUT2D eigenvalue weighted by atomic mass is 32.2. The summed E-state index contributed by atoms with van der Waals surface area (Å²) in [5.41, 5.74) is 0.971. The molecule has 0 radical (unpaired) electrons. The third kappa shape index (κ3) is 2.24. The van der Waals surface area contributed by atoms with Gasteiger partial charge in [-0.15, -0.1) is 0 Å². The molecule has 1 heterocycles. The van der Waals surface area contributed by atoms with Gasteiger partial charge in [0.1, 0.15) is 5.25 Å². The van der Waals surface area contributed by atoms with Gasteiger partial charge >= 0.3 is 5.97 Å². The quantitative estimate of drug-likeness (QED) is 0.699. The minimum absolute atomic E-state index is 0.0101. The van der Waals surface area contributed by atoms with Crippen LogP contribution in [0.4, 0.5) is 0 Å². The number of thioether (sulfide) groups is 1. The second kappa shape index (κ2) is 4.13. The van der Waals surface area contributed by atoms with Crippen LogP contribution in [0.25, 0.3) is 0 Å². The normalized spacial score (nSPS) is 25.6. The van der Waals surface area contributed by atoms with Gasteiger partial charge < -0.3 is 4.74 Å². The lowest BCUT2D eigenvalue weighted by Crippen LogP contribution is -2.23. The van der Waals surface area contributed by atoms with Crippen molar-refractivity contribution in [2.75, 3.05) is 0 Å². The molecular weight excluding hydrogens is 220 g/mol. The summed E-state index contributed by atoms with van der Waals surface area (Å²) in [5, 5.41) is -0.162. The van der Waals surface area contributed by atoms with E-state index in [2.05, 4.69) is 20.8 Å². The van der Waals surface area contributed by atoms with Crippen LogP contribution >= 0.6 is 11.8 Å². The zero-order valence-corrected chi connectivity index (χ0v) is 10.6. The van der Waals surface area contributed by atoms with Gasteiger partial charge in [-0.05, 0) is 5.56 Å². The van der Waals surface area contributed by atoms with Crippen molar-refractivity contribution in [2.45, 2.75) is 31.5 Å². The number of rotatable bonds is 1. The Morgan fingerprint density at radius 3 is 2.31 bits per heavy atom. The number of esters is 1. The molecule has 1 saturated heterocycles. The van der Waals surface area contributed by atoms with Crippen molar-refractivity contribution in [2.24, 2.45) is 5.41 Å². The molecule has 1 aromatic rings. The van der Waals surface area contributed by atoms with Crippen LogP contribution < -0.4 is 0 Å². The zero-order valence-electron chi connectivity index (χ0n) is 9.77. The van der Waals surface area contributed by atoms with Gasteiger partial charge in [0, 0.05) is 5.41 Å². The lowest BCUT2D eigenvalue weighted by atomic mass is 9.98. The summed E-state index contributed by atoms with van der Waals surface area (Å²) < 4.78 is 5.42. The second-order valence-corrected chi connectivity index (χ2v) is 6.23. The molecule has 0 N–H and O–H groups in total. The molecule has 1 fully saturated rings. The number of carbonyl (C=O) groups is 1. The first-order valence-corrected chi connectivity index (χ1v) is 6.33. The summed E-state index contributed by atoms with van der Waals surface area (Å²) in [6.07, 6.45) is 0. The lowest BCUT2D eigenvalue weighted by molar-refractivity contribution is -0.145. The van der Waals surface area contributed by atoms with Crippen molar-refractivity contribution in [1.29, 1.82) is 0 Å². The molecule has 2 rings (SSSR count). The van der Waals surface area contributed by atoms with Crippen LogP contribution in [0, 0.1) is 5.41 Å². The van der Waals surface area contributed by atoms with Gasteiger partial charge in [0.2, 0.25) is 0 Å². The molecule has 2 atom stereocenters. The first kappa shape index (κ1) is 11.5. The van der Waals surface area contributed by atoms with E-state index in [1.165, 1.54) is 0 Å². The van der Waals surface area contributed by atoms with Gasteiger partial charge in [-0.2, -0.15) is 0 Å². The van der Waals surface area contributed by atoms with E-state index >= 15 is 0 Å². The third-order valence-corrected chi connectivity index (χ3v) is 4.29. The summed E-state index contributed by atoms with van der Waals surface area (Å²) in [5.74, 6) is -0.115. The van der Waals surface area contributed by atoms with Gasteiger partial charge in [0.25, 0.3) is 0 Å². The number of hydrogen-bond acceptors (Lipinski definition) is 3. The van der Waals surface area contributed by atoms with Gasteiger partial charge in [-0.25, -0.2) is 0 Å². The molecule has 1 aliphatic heterocycles. The Bertz CT molecular complexity index is 381. The van der Waals surface area contributed by atoms with Crippen LogP contribution in [0.15, 0.2) is 30.3 Å². The molecule has 0 amide bonds. The fourth-order valence-electron chi connectivity index (χ4n) is 1.60. The van der Waals surface area contributed by atoms with E-state index in [4.69, 9.17) is 4.74 Å². The summed E-state index contributed by atoms with van der Waals surface area (Å²) >= 11 is 1.61. The van der Waals surface area contributed by atoms with Crippen molar-refractivity contribution in [3.63, 3.8) is 0 Å². The molecule has 86 valence electrons.